The predicted molar refractivity (Wildman–Crippen MR) is 77.6 cm³/mol. The molecule has 0 saturated carbocycles. The SMILES string of the molecule is Cc1cc(F)ccc1CC1(O)CN(C(=O)OC(C)(C)C)C1. The lowest BCUT2D eigenvalue weighted by molar-refractivity contribution is -0.0974. The molecule has 1 aliphatic heterocycles. The van der Waals surface area contributed by atoms with Crippen molar-refractivity contribution in [1.29, 1.82) is 0 Å². The molecule has 21 heavy (non-hydrogen) atoms. The Morgan fingerprint density at radius 1 is 1.43 bits per heavy atom. The van der Waals surface area contributed by atoms with Gasteiger partial charge in [0.1, 0.15) is 17.0 Å². The third kappa shape index (κ3) is 3.94. The van der Waals surface area contributed by atoms with Gasteiger partial charge < -0.3 is 14.7 Å². The summed E-state index contributed by atoms with van der Waals surface area (Å²) in [6.45, 7) is 7.69. The molecule has 1 aliphatic rings. The number of hydrogen-bond donors (Lipinski definition) is 1. The molecule has 4 nitrogen and oxygen atoms in total. The lowest BCUT2D eigenvalue weighted by Crippen LogP contribution is -2.65. The second kappa shape index (κ2) is 5.30. The van der Waals surface area contributed by atoms with E-state index in [9.17, 15) is 14.3 Å². The average Bonchev–Trinajstić information content (AvgIpc) is 2.27. The molecular weight excluding hydrogens is 273 g/mol. The first kappa shape index (κ1) is 15.8. The van der Waals surface area contributed by atoms with Crippen LogP contribution in [0, 0.1) is 12.7 Å². The summed E-state index contributed by atoms with van der Waals surface area (Å²) in [6, 6.07) is 4.51. The van der Waals surface area contributed by atoms with Gasteiger partial charge in [-0.25, -0.2) is 9.18 Å². The molecule has 1 N–H and O–H groups in total. The minimum atomic E-state index is -0.959. The Bertz CT molecular complexity index is 545. The van der Waals surface area contributed by atoms with Crippen molar-refractivity contribution in [3.63, 3.8) is 0 Å². The second-order valence-electron chi connectivity index (χ2n) is 6.81. The van der Waals surface area contributed by atoms with Crippen LogP contribution in [0.5, 0.6) is 0 Å². The number of ether oxygens (including phenoxy) is 1. The van der Waals surface area contributed by atoms with E-state index >= 15 is 0 Å². The molecule has 0 atom stereocenters. The van der Waals surface area contributed by atoms with Gasteiger partial charge in [0.05, 0.1) is 13.1 Å². The first-order valence-corrected chi connectivity index (χ1v) is 7.03. The first-order chi connectivity index (χ1) is 9.58. The number of β-amino-alcohol motifs (C(OH)–C–C–N with tert-alkyl or cyclic N) is 1. The summed E-state index contributed by atoms with van der Waals surface area (Å²) in [5, 5.41) is 10.4. The standard InChI is InChI=1S/C16H22FNO3/c1-11-7-13(17)6-5-12(11)8-16(20)9-18(10-16)14(19)21-15(2,3)4/h5-7,20H,8-10H2,1-4H3. The molecule has 1 fully saturated rings. The fourth-order valence-electron chi connectivity index (χ4n) is 2.44. The third-order valence-corrected chi connectivity index (χ3v) is 3.45. The van der Waals surface area contributed by atoms with Gasteiger partial charge in [-0.2, -0.15) is 0 Å². The van der Waals surface area contributed by atoms with E-state index in [4.69, 9.17) is 4.74 Å². The van der Waals surface area contributed by atoms with Crippen LogP contribution < -0.4 is 0 Å². The number of rotatable bonds is 2. The van der Waals surface area contributed by atoms with Crippen molar-refractivity contribution in [3.8, 4) is 0 Å². The van der Waals surface area contributed by atoms with E-state index in [-0.39, 0.29) is 18.9 Å². The van der Waals surface area contributed by atoms with Crippen molar-refractivity contribution in [2.24, 2.45) is 0 Å². The third-order valence-electron chi connectivity index (χ3n) is 3.45. The number of carbonyl (C=O) groups excluding carboxylic acids is 1. The minimum Gasteiger partial charge on any atom is -0.444 e. The van der Waals surface area contributed by atoms with Crippen molar-refractivity contribution in [1.82, 2.24) is 4.90 Å². The lowest BCUT2D eigenvalue weighted by Gasteiger charge is -2.46. The van der Waals surface area contributed by atoms with Crippen molar-refractivity contribution in [3.05, 3.63) is 35.1 Å². The summed E-state index contributed by atoms with van der Waals surface area (Å²) in [5.74, 6) is -0.285. The van der Waals surface area contributed by atoms with Crippen LogP contribution >= 0.6 is 0 Å². The maximum atomic E-state index is 13.1. The van der Waals surface area contributed by atoms with E-state index < -0.39 is 17.3 Å². The van der Waals surface area contributed by atoms with Gasteiger partial charge in [-0.3, -0.25) is 0 Å². The zero-order chi connectivity index (χ0) is 15.8. The molecule has 1 amide bonds. The summed E-state index contributed by atoms with van der Waals surface area (Å²) in [4.78, 5) is 13.3. The highest BCUT2D eigenvalue weighted by molar-refractivity contribution is 5.69. The van der Waals surface area contributed by atoms with Crippen LogP contribution in [-0.4, -0.2) is 40.4 Å². The fraction of sp³-hybridized carbons (Fsp3) is 0.562. The zero-order valence-corrected chi connectivity index (χ0v) is 12.9. The maximum Gasteiger partial charge on any atom is 0.410 e. The molecule has 1 heterocycles. The van der Waals surface area contributed by atoms with Crippen LogP contribution in [0.1, 0.15) is 31.9 Å². The van der Waals surface area contributed by atoms with Crippen LogP contribution in [0.15, 0.2) is 18.2 Å². The van der Waals surface area contributed by atoms with Crippen LogP contribution in [0.3, 0.4) is 0 Å². The molecule has 0 spiro atoms. The van der Waals surface area contributed by atoms with Gasteiger partial charge in [0.15, 0.2) is 0 Å². The molecule has 1 aromatic carbocycles. The number of likely N-dealkylation sites (tertiary alicyclic amines) is 1. The summed E-state index contributed by atoms with van der Waals surface area (Å²) >= 11 is 0. The van der Waals surface area contributed by atoms with Gasteiger partial charge in [0.25, 0.3) is 0 Å². The molecule has 1 saturated heterocycles. The average molecular weight is 295 g/mol. The maximum absolute atomic E-state index is 13.1. The van der Waals surface area contributed by atoms with Gasteiger partial charge in [-0.05, 0) is 51.0 Å². The topological polar surface area (TPSA) is 49.8 Å². The number of benzene rings is 1. The first-order valence-electron chi connectivity index (χ1n) is 7.03. The smallest absolute Gasteiger partial charge is 0.410 e. The minimum absolute atomic E-state index is 0.235. The Morgan fingerprint density at radius 2 is 2.05 bits per heavy atom. The molecule has 0 radical (unpaired) electrons. The normalized spacial score (nSPS) is 17.3. The number of hydrogen-bond acceptors (Lipinski definition) is 3. The van der Waals surface area contributed by atoms with E-state index in [2.05, 4.69) is 0 Å². The molecule has 0 unspecified atom stereocenters. The molecule has 0 bridgehead atoms. The number of aryl methyl sites for hydroxylation is 1. The molecule has 5 heteroatoms. The van der Waals surface area contributed by atoms with E-state index in [0.717, 1.165) is 11.1 Å². The molecule has 0 aromatic heterocycles. The van der Waals surface area contributed by atoms with Gasteiger partial charge in [-0.1, -0.05) is 6.07 Å². The van der Waals surface area contributed by atoms with E-state index in [1.54, 1.807) is 26.8 Å². The Labute approximate surface area is 124 Å². The molecular formula is C16H22FNO3. The molecule has 2 rings (SSSR count). The highest BCUT2D eigenvalue weighted by Crippen LogP contribution is 2.28. The van der Waals surface area contributed by atoms with Crippen LogP contribution in [-0.2, 0) is 11.2 Å². The van der Waals surface area contributed by atoms with Crippen LogP contribution in [0.25, 0.3) is 0 Å². The van der Waals surface area contributed by atoms with Gasteiger partial charge in [0, 0.05) is 6.42 Å². The Hall–Kier alpha value is -1.62. The fourth-order valence-corrected chi connectivity index (χ4v) is 2.44. The molecule has 1 aromatic rings. The van der Waals surface area contributed by atoms with Crippen LogP contribution in [0.4, 0.5) is 9.18 Å². The lowest BCUT2D eigenvalue weighted by atomic mass is 9.86. The number of halogens is 1. The number of nitrogens with zero attached hydrogens (tertiary/aromatic N) is 1. The van der Waals surface area contributed by atoms with Crippen molar-refractivity contribution in [2.45, 2.75) is 45.3 Å². The highest BCUT2D eigenvalue weighted by Gasteiger charge is 2.45. The summed E-state index contributed by atoms with van der Waals surface area (Å²) in [7, 11) is 0. The zero-order valence-electron chi connectivity index (χ0n) is 12.9. The number of aliphatic hydroxyl groups is 1. The second-order valence-corrected chi connectivity index (χ2v) is 6.81. The van der Waals surface area contributed by atoms with Gasteiger partial charge in [-0.15, -0.1) is 0 Å². The predicted octanol–water partition coefficient (Wildman–Crippen LogP) is 2.66. The summed E-state index contributed by atoms with van der Waals surface area (Å²) < 4.78 is 18.3. The van der Waals surface area contributed by atoms with E-state index in [0.29, 0.717) is 6.42 Å². The van der Waals surface area contributed by atoms with E-state index in [1.165, 1.54) is 17.0 Å². The Balaban J connectivity index is 1.94. The van der Waals surface area contributed by atoms with Crippen molar-refractivity contribution in [2.75, 3.05) is 13.1 Å². The quantitative estimate of drug-likeness (QED) is 0.912. The highest BCUT2D eigenvalue weighted by atomic mass is 19.1. The summed E-state index contributed by atoms with van der Waals surface area (Å²) in [6.07, 6.45) is -0.0127. The number of amides is 1. The number of carbonyl (C=O) groups is 1. The largest absolute Gasteiger partial charge is 0.444 e. The molecule has 0 aliphatic carbocycles. The summed E-state index contributed by atoms with van der Waals surface area (Å²) in [5.41, 5.74) is 0.194. The Kier molecular flexibility index (Phi) is 3.97. The monoisotopic (exact) mass is 295 g/mol. The van der Waals surface area contributed by atoms with Crippen LogP contribution in [0.2, 0.25) is 0 Å². The molecule has 116 valence electrons. The van der Waals surface area contributed by atoms with Crippen molar-refractivity contribution >= 4 is 6.09 Å². The van der Waals surface area contributed by atoms with Crippen molar-refractivity contribution < 1.29 is 19.0 Å². The van der Waals surface area contributed by atoms with Gasteiger partial charge >= 0.3 is 6.09 Å². The van der Waals surface area contributed by atoms with Gasteiger partial charge in [0.2, 0.25) is 0 Å². The van der Waals surface area contributed by atoms with E-state index in [1.807, 2.05) is 6.92 Å². The Morgan fingerprint density at radius 3 is 2.57 bits per heavy atom.